The molecular formula is C9H17F3N2O2. The summed E-state index contributed by atoms with van der Waals surface area (Å²) in [5.74, 6) is 0. The van der Waals surface area contributed by atoms with Crippen molar-refractivity contribution in [2.45, 2.75) is 26.4 Å². The summed E-state index contributed by atoms with van der Waals surface area (Å²) in [5.41, 5.74) is -1.72. The molecule has 4 nitrogen and oxygen atoms in total. The van der Waals surface area contributed by atoms with Gasteiger partial charge in [0.05, 0.1) is 5.41 Å². The van der Waals surface area contributed by atoms with Gasteiger partial charge in [-0.2, -0.15) is 13.2 Å². The topological polar surface area (TPSA) is 61.4 Å². The molecule has 0 unspecified atom stereocenters. The number of hydrogen-bond donors (Lipinski definition) is 3. The first-order chi connectivity index (χ1) is 7.17. The summed E-state index contributed by atoms with van der Waals surface area (Å²) < 4.78 is 37.2. The first-order valence-corrected chi connectivity index (χ1v) is 4.91. The van der Waals surface area contributed by atoms with Gasteiger partial charge in [0.15, 0.2) is 0 Å². The van der Waals surface area contributed by atoms with Gasteiger partial charge in [-0.1, -0.05) is 13.8 Å². The molecule has 0 aromatic carbocycles. The van der Waals surface area contributed by atoms with Crippen LogP contribution in [0.1, 0.15) is 20.3 Å². The molecule has 0 saturated carbocycles. The van der Waals surface area contributed by atoms with Crippen molar-refractivity contribution in [3.05, 3.63) is 0 Å². The Labute approximate surface area is 92.2 Å². The van der Waals surface area contributed by atoms with Crippen LogP contribution in [0, 0.1) is 5.41 Å². The molecule has 16 heavy (non-hydrogen) atoms. The lowest BCUT2D eigenvalue weighted by molar-refractivity contribution is -0.213. The molecule has 0 rings (SSSR count). The number of hydrogen-bond acceptors (Lipinski definition) is 2. The van der Waals surface area contributed by atoms with Crippen LogP contribution in [0.15, 0.2) is 0 Å². The van der Waals surface area contributed by atoms with Gasteiger partial charge in [0, 0.05) is 13.1 Å². The lowest BCUT2D eigenvalue weighted by Crippen LogP contribution is -2.37. The molecule has 0 radical (unpaired) electrons. The van der Waals surface area contributed by atoms with Gasteiger partial charge in [0.25, 0.3) is 0 Å². The minimum absolute atomic E-state index is 0.0381. The van der Waals surface area contributed by atoms with Crippen molar-refractivity contribution in [2.24, 2.45) is 5.41 Å². The number of carbonyl (C=O) groups is 1. The van der Waals surface area contributed by atoms with Crippen LogP contribution < -0.4 is 10.6 Å². The van der Waals surface area contributed by atoms with Gasteiger partial charge >= 0.3 is 12.3 Å². The number of alkyl halides is 3. The lowest BCUT2D eigenvalue weighted by Gasteiger charge is -2.27. The van der Waals surface area contributed by atoms with Gasteiger partial charge in [0.2, 0.25) is 0 Å². The van der Waals surface area contributed by atoms with Crippen molar-refractivity contribution >= 4 is 6.09 Å². The van der Waals surface area contributed by atoms with Crippen molar-refractivity contribution in [3.8, 4) is 0 Å². The van der Waals surface area contributed by atoms with E-state index in [1.165, 1.54) is 0 Å². The van der Waals surface area contributed by atoms with Crippen molar-refractivity contribution < 1.29 is 23.1 Å². The van der Waals surface area contributed by atoms with Crippen LogP contribution >= 0.6 is 0 Å². The highest BCUT2D eigenvalue weighted by molar-refractivity contribution is 5.64. The van der Waals surface area contributed by atoms with Crippen molar-refractivity contribution in [1.82, 2.24) is 10.6 Å². The van der Waals surface area contributed by atoms with Crippen LogP contribution in [0.4, 0.5) is 18.0 Å². The summed E-state index contributed by atoms with van der Waals surface area (Å²) in [6.45, 7) is 2.99. The fourth-order valence-corrected chi connectivity index (χ4v) is 0.925. The van der Waals surface area contributed by atoms with Crippen LogP contribution in [0.25, 0.3) is 0 Å². The number of halogens is 3. The van der Waals surface area contributed by atoms with Gasteiger partial charge in [-0.3, -0.25) is 0 Å². The predicted octanol–water partition coefficient (Wildman–Crippen LogP) is 1.82. The molecule has 0 aromatic heterocycles. The molecule has 0 aromatic rings. The number of carboxylic acid groups (broad SMARTS) is 1. The number of rotatable bonds is 6. The number of nitrogens with one attached hydrogen (secondary N) is 2. The fourth-order valence-electron chi connectivity index (χ4n) is 0.925. The first kappa shape index (κ1) is 15.0. The van der Waals surface area contributed by atoms with E-state index in [0.29, 0.717) is 6.54 Å². The van der Waals surface area contributed by atoms with Gasteiger partial charge in [-0.25, -0.2) is 4.79 Å². The van der Waals surface area contributed by atoms with Crippen LogP contribution in [0.3, 0.4) is 0 Å². The highest BCUT2D eigenvalue weighted by atomic mass is 19.4. The molecule has 3 N–H and O–H groups in total. The highest BCUT2D eigenvalue weighted by Crippen LogP contribution is 2.39. The molecule has 0 bridgehead atoms. The maximum atomic E-state index is 12.4. The predicted molar refractivity (Wildman–Crippen MR) is 53.4 cm³/mol. The number of amides is 1. The molecule has 1 amide bonds. The Balaban J connectivity index is 3.63. The van der Waals surface area contributed by atoms with E-state index in [2.05, 4.69) is 10.6 Å². The summed E-state index contributed by atoms with van der Waals surface area (Å²) >= 11 is 0. The van der Waals surface area contributed by atoms with Crippen molar-refractivity contribution in [2.75, 3.05) is 19.6 Å². The molecule has 0 spiro atoms. The zero-order chi connectivity index (χ0) is 12.8. The van der Waals surface area contributed by atoms with Gasteiger partial charge in [0.1, 0.15) is 0 Å². The second kappa shape index (κ2) is 5.93. The molecular weight excluding hydrogens is 225 g/mol. The summed E-state index contributed by atoms with van der Waals surface area (Å²) in [4.78, 5) is 10.0. The molecule has 96 valence electrons. The Morgan fingerprint density at radius 3 is 2.19 bits per heavy atom. The van der Waals surface area contributed by atoms with E-state index in [0.717, 1.165) is 13.8 Å². The molecule has 0 atom stereocenters. The van der Waals surface area contributed by atoms with Crippen LogP contribution in [-0.4, -0.2) is 37.0 Å². The quantitative estimate of drug-likeness (QED) is 0.623. The van der Waals surface area contributed by atoms with E-state index in [4.69, 9.17) is 5.11 Å². The van der Waals surface area contributed by atoms with E-state index in [1.807, 2.05) is 0 Å². The second-order valence-corrected chi connectivity index (χ2v) is 4.11. The Kier molecular flexibility index (Phi) is 5.57. The lowest BCUT2D eigenvalue weighted by atomic mass is 9.88. The van der Waals surface area contributed by atoms with Crippen LogP contribution in [0.2, 0.25) is 0 Å². The van der Waals surface area contributed by atoms with Crippen molar-refractivity contribution in [1.29, 1.82) is 0 Å². The smallest absolute Gasteiger partial charge is 0.404 e. The second-order valence-electron chi connectivity index (χ2n) is 4.11. The third-order valence-electron chi connectivity index (χ3n) is 2.27. The minimum atomic E-state index is -4.21. The van der Waals surface area contributed by atoms with E-state index < -0.39 is 17.7 Å². The minimum Gasteiger partial charge on any atom is -0.465 e. The third kappa shape index (κ3) is 5.79. The molecule has 0 aliphatic rings. The zero-order valence-corrected chi connectivity index (χ0v) is 9.32. The van der Waals surface area contributed by atoms with E-state index in [1.54, 1.807) is 0 Å². The van der Waals surface area contributed by atoms with E-state index >= 15 is 0 Å². The SMILES string of the molecule is CC(C)(CCNCCNC(=O)O)C(F)(F)F. The summed E-state index contributed by atoms with van der Waals surface area (Å²) in [6, 6.07) is 0. The molecule has 0 saturated heterocycles. The van der Waals surface area contributed by atoms with E-state index in [-0.39, 0.29) is 19.5 Å². The Morgan fingerprint density at radius 1 is 1.19 bits per heavy atom. The fraction of sp³-hybridized carbons (Fsp3) is 0.889. The molecule has 0 fully saturated rings. The largest absolute Gasteiger partial charge is 0.465 e. The van der Waals surface area contributed by atoms with E-state index in [9.17, 15) is 18.0 Å². The van der Waals surface area contributed by atoms with Gasteiger partial charge < -0.3 is 15.7 Å². The first-order valence-electron chi connectivity index (χ1n) is 4.91. The molecule has 0 heterocycles. The summed E-state index contributed by atoms with van der Waals surface area (Å²) in [5, 5.41) is 13.1. The van der Waals surface area contributed by atoms with Gasteiger partial charge in [-0.15, -0.1) is 0 Å². The van der Waals surface area contributed by atoms with Crippen molar-refractivity contribution in [3.63, 3.8) is 0 Å². The maximum Gasteiger partial charge on any atom is 0.404 e. The summed E-state index contributed by atoms with van der Waals surface area (Å²) in [7, 11) is 0. The average Bonchev–Trinajstić information content (AvgIpc) is 2.08. The molecule has 0 aliphatic carbocycles. The monoisotopic (exact) mass is 242 g/mol. The van der Waals surface area contributed by atoms with Gasteiger partial charge in [-0.05, 0) is 13.0 Å². The third-order valence-corrected chi connectivity index (χ3v) is 2.27. The molecule has 7 heteroatoms. The normalized spacial score (nSPS) is 12.6. The average molecular weight is 242 g/mol. The Morgan fingerprint density at radius 2 is 1.75 bits per heavy atom. The highest BCUT2D eigenvalue weighted by Gasteiger charge is 2.46. The maximum absolute atomic E-state index is 12.4. The Bertz CT molecular complexity index is 229. The standard InChI is InChI=1S/C9H17F3N2O2/c1-8(2,9(10,11)12)3-4-13-5-6-14-7(15)16/h13-14H,3-6H2,1-2H3,(H,15,16). The Hall–Kier alpha value is -0.980. The molecule has 0 aliphatic heterocycles. The summed E-state index contributed by atoms with van der Waals surface area (Å²) in [6.07, 6.45) is -5.39. The van der Waals surface area contributed by atoms with Crippen LogP contribution in [-0.2, 0) is 0 Å². The zero-order valence-electron chi connectivity index (χ0n) is 9.32. The van der Waals surface area contributed by atoms with Crippen LogP contribution in [0.5, 0.6) is 0 Å².